The van der Waals surface area contributed by atoms with Crippen molar-refractivity contribution in [3.05, 3.63) is 0 Å². The maximum atomic E-state index is 3.62. The Kier molecular flexibility index (Phi) is 5.67. The molecule has 0 bridgehead atoms. The molecule has 0 radical (unpaired) electrons. The molecule has 1 saturated carbocycles. The quantitative estimate of drug-likeness (QED) is 0.794. The Morgan fingerprint density at radius 2 is 1.79 bits per heavy atom. The molecule has 19 heavy (non-hydrogen) atoms. The standard InChI is InChI=1S/C16H33N3/c1-13(2)17-11-15-5-6-16(15)19-9-7-14(8-10-19)12-18(3)4/h13-17H,5-12H2,1-4H3. The highest BCUT2D eigenvalue weighted by atomic mass is 15.2. The zero-order valence-electron chi connectivity index (χ0n) is 13.4. The summed E-state index contributed by atoms with van der Waals surface area (Å²) in [5.74, 6) is 1.84. The number of rotatable bonds is 6. The molecule has 3 heteroatoms. The normalized spacial score (nSPS) is 30.0. The van der Waals surface area contributed by atoms with Crippen molar-refractivity contribution in [3.8, 4) is 0 Å². The lowest BCUT2D eigenvalue weighted by molar-refractivity contribution is 0.0304. The summed E-state index contributed by atoms with van der Waals surface area (Å²) in [6.07, 6.45) is 5.67. The summed E-state index contributed by atoms with van der Waals surface area (Å²) in [7, 11) is 4.40. The van der Waals surface area contributed by atoms with Gasteiger partial charge in [-0.2, -0.15) is 0 Å². The average molecular weight is 267 g/mol. The van der Waals surface area contributed by atoms with Crippen molar-refractivity contribution in [1.29, 1.82) is 0 Å². The van der Waals surface area contributed by atoms with Crippen LogP contribution in [0.25, 0.3) is 0 Å². The molecule has 2 atom stereocenters. The molecule has 2 fully saturated rings. The predicted molar refractivity (Wildman–Crippen MR) is 82.5 cm³/mol. The molecule has 0 spiro atoms. The van der Waals surface area contributed by atoms with Crippen LogP contribution in [-0.4, -0.2) is 62.2 Å². The van der Waals surface area contributed by atoms with Gasteiger partial charge in [-0.1, -0.05) is 13.8 Å². The number of hydrogen-bond donors (Lipinski definition) is 1. The van der Waals surface area contributed by atoms with Crippen molar-refractivity contribution in [3.63, 3.8) is 0 Å². The number of likely N-dealkylation sites (tertiary alicyclic amines) is 1. The molecule has 1 N–H and O–H groups in total. The van der Waals surface area contributed by atoms with Gasteiger partial charge in [-0.3, -0.25) is 0 Å². The van der Waals surface area contributed by atoms with Gasteiger partial charge in [0, 0.05) is 18.6 Å². The van der Waals surface area contributed by atoms with Gasteiger partial charge >= 0.3 is 0 Å². The number of hydrogen-bond acceptors (Lipinski definition) is 3. The zero-order chi connectivity index (χ0) is 13.8. The Morgan fingerprint density at radius 1 is 1.11 bits per heavy atom. The first-order chi connectivity index (χ1) is 9.06. The van der Waals surface area contributed by atoms with E-state index in [1.165, 1.54) is 51.9 Å². The van der Waals surface area contributed by atoms with E-state index in [2.05, 4.69) is 43.1 Å². The third-order valence-corrected chi connectivity index (χ3v) is 4.91. The maximum absolute atomic E-state index is 3.62. The third kappa shape index (κ3) is 4.44. The Labute approximate surface area is 119 Å². The Bertz CT molecular complexity index is 257. The van der Waals surface area contributed by atoms with Gasteiger partial charge in [0.05, 0.1) is 0 Å². The largest absolute Gasteiger partial charge is 0.314 e. The summed E-state index contributed by atoms with van der Waals surface area (Å²) in [6, 6.07) is 1.51. The molecule has 1 aliphatic heterocycles. The first-order valence-corrected chi connectivity index (χ1v) is 8.18. The first-order valence-electron chi connectivity index (χ1n) is 8.18. The van der Waals surface area contributed by atoms with E-state index in [1.54, 1.807) is 0 Å². The monoisotopic (exact) mass is 267 g/mol. The second-order valence-electron chi connectivity index (χ2n) is 7.21. The maximum Gasteiger partial charge on any atom is 0.0136 e. The lowest BCUT2D eigenvalue weighted by Crippen LogP contribution is -2.53. The molecule has 1 saturated heterocycles. The zero-order valence-corrected chi connectivity index (χ0v) is 13.4. The Morgan fingerprint density at radius 3 is 2.26 bits per heavy atom. The second kappa shape index (κ2) is 7.05. The van der Waals surface area contributed by atoms with Gasteiger partial charge in [-0.15, -0.1) is 0 Å². The molecule has 0 aromatic carbocycles. The van der Waals surface area contributed by atoms with E-state index in [0.29, 0.717) is 6.04 Å². The van der Waals surface area contributed by atoms with E-state index in [9.17, 15) is 0 Å². The summed E-state index contributed by atoms with van der Waals surface area (Å²) in [5.41, 5.74) is 0. The molecule has 0 aromatic rings. The van der Waals surface area contributed by atoms with Gasteiger partial charge in [-0.25, -0.2) is 0 Å². The van der Waals surface area contributed by atoms with Crippen LogP contribution in [0, 0.1) is 11.8 Å². The van der Waals surface area contributed by atoms with E-state index in [0.717, 1.165) is 17.9 Å². The van der Waals surface area contributed by atoms with Crippen LogP contribution in [-0.2, 0) is 0 Å². The summed E-state index contributed by atoms with van der Waals surface area (Å²) in [5, 5.41) is 3.62. The Balaban J connectivity index is 1.69. The topological polar surface area (TPSA) is 18.5 Å². The van der Waals surface area contributed by atoms with Crippen molar-refractivity contribution in [2.45, 2.75) is 51.6 Å². The molecule has 112 valence electrons. The van der Waals surface area contributed by atoms with Crippen molar-refractivity contribution < 1.29 is 0 Å². The van der Waals surface area contributed by atoms with Crippen LogP contribution in [0.4, 0.5) is 0 Å². The molecule has 2 rings (SSSR count). The minimum absolute atomic E-state index is 0.632. The van der Waals surface area contributed by atoms with E-state index >= 15 is 0 Å². The van der Waals surface area contributed by atoms with Gasteiger partial charge in [0.25, 0.3) is 0 Å². The fourth-order valence-electron chi connectivity index (χ4n) is 3.64. The van der Waals surface area contributed by atoms with E-state index < -0.39 is 0 Å². The molecule has 0 amide bonds. The lowest BCUT2D eigenvalue weighted by atomic mass is 9.77. The molecule has 0 aromatic heterocycles. The van der Waals surface area contributed by atoms with E-state index in [-0.39, 0.29) is 0 Å². The third-order valence-electron chi connectivity index (χ3n) is 4.91. The first kappa shape index (κ1) is 15.3. The SMILES string of the molecule is CC(C)NCC1CCC1N1CCC(CN(C)C)CC1. The van der Waals surface area contributed by atoms with E-state index in [1.807, 2.05) is 0 Å². The highest BCUT2D eigenvalue weighted by Crippen LogP contribution is 2.34. The number of piperidine rings is 1. The summed E-state index contributed by atoms with van der Waals surface area (Å²) < 4.78 is 0. The molecular weight excluding hydrogens is 234 g/mol. The molecule has 2 aliphatic rings. The second-order valence-corrected chi connectivity index (χ2v) is 7.21. The van der Waals surface area contributed by atoms with Crippen LogP contribution < -0.4 is 5.32 Å². The fraction of sp³-hybridized carbons (Fsp3) is 1.00. The van der Waals surface area contributed by atoms with Gasteiger partial charge in [0.1, 0.15) is 0 Å². The molecule has 2 unspecified atom stereocenters. The molecule has 1 heterocycles. The van der Waals surface area contributed by atoms with Crippen molar-refractivity contribution >= 4 is 0 Å². The van der Waals surface area contributed by atoms with Gasteiger partial charge in [0.15, 0.2) is 0 Å². The van der Waals surface area contributed by atoms with Crippen LogP contribution in [0.3, 0.4) is 0 Å². The van der Waals surface area contributed by atoms with Crippen LogP contribution >= 0.6 is 0 Å². The molecular formula is C16H33N3. The highest BCUT2D eigenvalue weighted by molar-refractivity contribution is 4.92. The van der Waals surface area contributed by atoms with Crippen molar-refractivity contribution in [2.24, 2.45) is 11.8 Å². The van der Waals surface area contributed by atoms with Crippen LogP contribution in [0.5, 0.6) is 0 Å². The van der Waals surface area contributed by atoms with Crippen molar-refractivity contribution in [1.82, 2.24) is 15.1 Å². The summed E-state index contributed by atoms with van der Waals surface area (Å²) >= 11 is 0. The van der Waals surface area contributed by atoms with Crippen LogP contribution in [0.15, 0.2) is 0 Å². The summed E-state index contributed by atoms with van der Waals surface area (Å²) in [4.78, 5) is 5.13. The summed E-state index contributed by atoms with van der Waals surface area (Å²) in [6.45, 7) is 9.67. The van der Waals surface area contributed by atoms with Crippen LogP contribution in [0.2, 0.25) is 0 Å². The van der Waals surface area contributed by atoms with Crippen LogP contribution in [0.1, 0.15) is 39.5 Å². The fourth-order valence-corrected chi connectivity index (χ4v) is 3.64. The van der Waals surface area contributed by atoms with Gasteiger partial charge in [0.2, 0.25) is 0 Å². The van der Waals surface area contributed by atoms with Gasteiger partial charge < -0.3 is 15.1 Å². The predicted octanol–water partition coefficient (Wildman–Crippen LogP) is 2.04. The highest BCUT2D eigenvalue weighted by Gasteiger charge is 2.36. The average Bonchev–Trinajstić information content (AvgIpc) is 2.29. The number of nitrogens with one attached hydrogen (secondary N) is 1. The minimum Gasteiger partial charge on any atom is -0.314 e. The van der Waals surface area contributed by atoms with Gasteiger partial charge in [-0.05, 0) is 71.2 Å². The number of nitrogens with zero attached hydrogens (tertiary/aromatic N) is 2. The molecule has 1 aliphatic carbocycles. The minimum atomic E-state index is 0.632. The lowest BCUT2D eigenvalue weighted by Gasteiger charge is -2.47. The smallest absolute Gasteiger partial charge is 0.0136 e. The Hall–Kier alpha value is -0.120. The van der Waals surface area contributed by atoms with Crippen molar-refractivity contribution in [2.75, 3.05) is 40.3 Å². The van der Waals surface area contributed by atoms with E-state index in [4.69, 9.17) is 0 Å². The molecule has 3 nitrogen and oxygen atoms in total.